The average molecular weight is 789 g/mol. The van der Waals surface area contributed by atoms with Crippen LogP contribution in [0.4, 0.5) is 13.9 Å². The second kappa shape index (κ2) is 25.3. The average Bonchev–Trinajstić information content (AvgIpc) is 2.85. The molecule has 0 saturated heterocycles. The molecule has 0 amide bonds. The Bertz CT molecular complexity index is 1310. The molecule has 0 spiro atoms. The topological polar surface area (TPSA) is 71.1 Å². The predicted octanol–water partition coefficient (Wildman–Crippen LogP) is 10.1. The number of carbonyl (C=O) groups is 2. The van der Waals surface area contributed by atoms with E-state index in [9.17, 15) is 13.9 Å². The van der Waals surface area contributed by atoms with E-state index in [-0.39, 0.29) is 5.34 Å². The van der Waals surface area contributed by atoms with Crippen molar-refractivity contribution >= 4 is 81.9 Å². The van der Waals surface area contributed by atoms with Gasteiger partial charge in [-0.1, -0.05) is 30.8 Å². The standard InChI is InChI=1S/2C14H16O3.CH4BF.CH2Cl2.IPS/c2*1-6-11-8-7-10(2)9-12(11)16-13(15)17-14(3,4)5;1-2-3;2-1-3;1-2-3/h2*1,7-9H,2-5H3;2H,1H3;1H2;/i1T;;2T;;. The van der Waals surface area contributed by atoms with Crippen LogP contribution < -0.4 is 9.47 Å². The fourth-order valence-corrected chi connectivity index (χ4v) is 2.37. The van der Waals surface area contributed by atoms with Crippen LogP contribution in [-0.2, 0) is 21.3 Å². The Morgan fingerprint density at radius 1 is 0.977 bits per heavy atom. The zero-order valence-electron chi connectivity index (χ0n) is 27.6. The van der Waals surface area contributed by atoms with Crippen LogP contribution in [0.2, 0.25) is 6.82 Å². The molecule has 43 heavy (non-hydrogen) atoms. The van der Waals surface area contributed by atoms with Gasteiger partial charge in [0.15, 0.2) is 0 Å². The monoisotopic (exact) mass is 788 g/mol. The van der Waals surface area contributed by atoms with E-state index in [0.717, 1.165) is 16.1 Å². The molecule has 13 heteroatoms. The molecule has 0 aliphatic rings. The Morgan fingerprint density at radius 2 is 1.28 bits per heavy atom. The van der Waals surface area contributed by atoms with E-state index >= 15 is 0 Å². The molecule has 6 nitrogen and oxygen atoms in total. The number of rotatable bonds is 2. The normalized spacial score (nSPS) is 10.0. The van der Waals surface area contributed by atoms with Crippen molar-refractivity contribution in [3.05, 3.63) is 58.7 Å². The van der Waals surface area contributed by atoms with Crippen LogP contribution in [0.5, 0.6) is 11.5 Å². The van der Waals surface area contributed by atoms with Crippen LogP contribution in [0, 0.1) is 38.5 Å². The van der Waals surface area contributed by atoms with Gasteiger partial charge in [0.05, 0.1) is 16.5 Å². The highest BCUT2D eigenvalue weighted by atomic mass is 127. The molecule has 0 unspecified atom stereocenters. The van der Waals surface area contributed by atoms with Crippen LogP contribution in [0.25, 0.3) is 0 Å². The summed E-state index contributed by atoms with van der Waals surface area (Å²) < 4.78 is 43.8. The summed E-state index contributed by atoms with van der Waals surface area (Å²) in [5.41, 5.74) is 1.72. The second-order valence-corrected chi connectivity index (χ2v) is 14.7. The molecule has 236 valence electrons. The lowest BCUT2D eigenvalue weighted by molar-refractivity contribution is 0.0192. The first-order valence-corrected chi connectivity index (χ1v) is 18.0. The summed E-state index contributed by atoms with van der Waals surface area (Å²) in [7, 11) is -1.42. The number of carbonyl (C=O) groups excluding carboxylic acids is 2. The molecule has 0 atom stereocenters. The molecule has 2 aromatic rings. The van der Waals surface area contributed by atoms with Crippen LogP contribution >= 0.6 is 50.2 Å². The molecular formula is C30H38BCl2FIO6PS. The van der Waals surface area contributed by atoms with E-state index in [1.807, 2.05) is 32.4 Å². The Kier molecular flexibility index (Phi) is 24.1. The van der Waals surface area contributed by atoms with Crippen LogP contribution in [0.3, 0.4) is 0 Å². The number of alkyl halides is 2. The van der Waals surface area contributed by atoms with Gasteiger partial charge < -0.3 is 23.3 Å². The molecule has 0 aliphatic heterocycles. The quantitative estimate of drug-likeness (QED) is 0.0571. The van der Waals surface area contributed by atoms with Crippen LogP contribution in [-0.4, -0.2) is 37.7 Å². The van der Waals surface area contributed by atoms with Gasteiger partial charge in [-0.05, 0) is 125 Å². The third-order valence-corrected chi connectivity index (χ3v) is 3.73. The maximum absolute atomic E-state index is 11.6. The smallest absolute Gasteiger partial charge is 0.428 e. The molecule has 0 aliphatic carbocycles. The molecule has 2 aromatic carbocycles. The van der Waals surface area contributed by atoms with Gasteiger partial charge >= 0.3 is 19.8 Å². The summed E-state index contributed by atoms with van der Waals surface area (Å²) in [5, 5.41) is 0.194. The lowest BCUT2D eigenvalue weighted by Gasteiger charge is -2.19. The molecule has 0 radical (unpaired) electrons. The molecule has 0 aromatic heterocycles. The van der Waals surface area contributed by atoms with E-state index in [1.54, 1.807) is 65.8 Å². The van der Waals surface area contributed by atoms with Crippen molar-refractivity contribution in [2.24, 2.45) is 0 Å². The van der Waals surface area contributed by atoms with E-state index in [1.165, 1.54) is 6.82 Å². The second-order valence-electron chi connectivity index (χ2n) is 9.79. The van der Waals surface area contributed by atoms with Gasteiger partial charge in [0.25, 0.3) is 0 Å². The van der Waals surface area contributed by atoms with Crippen molar-refractivity contribution in [1.29, 1.82) is 1.34 Å². The van der Waals surface area contributed by atoms with Crippen molar-refractivity contribution in [3.8, 4) is 36.2 Å². The van der Waals surface area contributed by atoms with Gasteiger partial charge in [-0.2, -0.15) is 0 Å². The number of halogens is 4. The predicted molar refractivity (Wildman–Crippen MR) is 191 cm³/mol. The Labute approximate surface area is 289 Å². The van der Waals surface area contributed by atoms with Gasteiger partial charge in [-0.3, -0.25) is 0 Å². The van der Waals surface area contributed by atoms with E-state index in [2.05, 4.69) is 45.7 Å². The lowest BCUT2D eigenvalue weighted by atomic mass is 10.1. The van der Waals surface area contributed by atoms with Gasteiger partial charge in [-0.25, -0.2) is 9.59 Å². The summed E-state index contributed by atoms with van der Waals surface area (Å²) in [5.74, 6) is 5.67. The van der Waals surface area contributed by atoms with Crippen molar-refractivity contribution in [2.45, 2.75) is 73.4 Å². The Balaban J connectivity index is -0.000000606. The number of terminal acetylenes is 2. The van der Waals surface area contributed by atoms with Crippen LogP contribution in [0.15, 0.2) is 36.4 Å². The maximum atomic E-state index is 11.6. The molecule has 0 heterocycles. The number of aryl methyl sites for hydroxylation is 2. The highest BCUT2D eigenvalue weighted by Crippen LogP contribution is 2.22. The lowest BCUT2D eigenvalue weighted by Crippen LogP contribution is -2.26. The SMILES string of the molecule is C#Cc1ccc(C)cc1OC(=O)OC(C)(C)C.ClCCl.S=PI.[3H]B(C)F.[3H]C#Cc1ccc(C)cc1OC(=O)OC(C)(C)C. The van der Waals surface area contributed by atoms with Crippen molar-refractivity contribution in [2.75, 3.05) is 5.34 Å². The maximum Gasteiger partial charge on any atom is 0.514 e. The zero-order valence-corrected chi connectivity index (χ0v) is 31.0. The third-order valence-electron chi connectivity index (χ3n) is 3.73. The first-order valence-electron chi connectivity index (χ1n) is 13.3. The summed E-state index contributed by atoms with van der Waals surface area (Å²) in [6, 6.07) is 10.5. The highest BCUT2D eigenvalue weighted by molar-refractivity contribution is 14.2. The highest BCUT2D eigenvalue weighted by Gasteiger charge is 2.20. The Morgan fingerprint density at radius 3 is 1.53 bits per heavy atom. The largest absolute Gasteiger partial charge is 0.514 e. The van der Waals surface area contributed by atoms with E-state index < -0.39 is 31.0 Å². The molecule has 0 saturated carbocycles. The first-order chi connectivity index (χ1) is 20.7. The minimum absolute atomic E-state index is 0.194. The minimum atomic E-state index is -1.42. The molecule has 2 rings (SSSR count). The minimum Gasteiger partial charge on any atom is -0.428 e. The zero-order chi connectivity index (χ0) is 35.8. The fraction of sp³-hybridized carbons (Fsp3) is 0.400. The molecular weight excluding hydrogens is 747 g/mol. The molecule has 0 fully saturated rings. The van der Waals surface area contributed by atoms with Crippen LogP contribution in [0.1, 0.15) is 65.2 Å². The molecule has 0 N–H and O–H groups in total. The summed E-state index contributed by atoms with van der Waals surface area (Å²) in [4.78, 5) is 24.0. The van der Waals surface area contributed by atoms with Crippen molar-refractivity contribution in [3.63, 3.8) is 0 Å². The van der Waals surface area contributed by atoms with Gasteiger partial charge in [0.2, 0.25) is 0 Å². The Hall–Kier alpha value is -2.08. The number of ether oxygens (including phenoxy) is 4. The van der Waals surface area contributed by atoms with Gasteiger partial charge in [0.1, 0.15) is 24.1 Å². The summed E-state index contributed by atoms with van der Waals surface area (Å²) in [6.45, 7) is 15.5. The first kappa shape index (κ1) is 40.9. The van der Waals surface area contributed by atoms with Gasteiger partial charge in [-0.15, -0.1) is 36.0 Å². The summed E-state index contributed by atoms with van der Waals surface area (Å²) in [6.07, 6.45) is 5.83. The molecule has 0 bridgehead atoms. The summed E-state index contributed by atoms with van der Waals surface area (Å²) >= 11 is 16.0. The number of hydrogen-bond acceptors (Lipinski definition) is 7. The number of hydrogen-bond donors (Lipinski definition) is 0. The van der Waals surface area contributed by atoms with Crippen molar-refractivity contribution < 1.29 is 34.2 Å². The fourth-order valence-electron chi connectivity index (χ4n) is 2.37. The van der Waals surface area contributed by atoms with E-state index in [4.69, 9.17) is 51.3 Å². The van der Waals surface area contributed by atoms with E-state index in [0.29, 0.717) is 22.6 Å². The van der Waals surface area contributed by atoms with Gasteiger partial charge in [0, 0.05) is 6.33 Å². The van der Waals surface area contributed by atoms with Crippen molar-refractivity contribution in [1.82, 2.24) is 0 Å². The third kappa shape index (κ3) is 27.2. The number of benzene rings is 2.